The minimum atomic E-state index is 0.123. The quantitative estimate of drug-likeness (QED) is 0.838. The van der Waals surface area contributed by atoms with E-state index in [9.17, 15) is 4.79 Å². The lowest BCUT2D eigenvalue weighted by atomic mass is 9.98. The van der Waals surface area contributed by atoms with Gasteiger partial charge in [-0.3, -0.25) is 4.79 Å². The summed E-state index contributed by atoms with van der Waals surface area (Å²) < 4.78 is 0. The van der Waals surface area contributed by atoms with E-state index < -0.39 is 0 Å². The van der Waals surface area contributed by atoms with Crippen LogP contribution in [-0.4, -0.2) is 19.0 Å². The number of hydrogen-bond acceptors (Lipinski definition) is 2. The summed E-state index contributed by atoms with van der Waals surface area (Å²) in [5.41, 5.74) is 2.23. The predicted molar refractivity (Wildman–Crippen MR) is 74.8 cm³/mol. The van der Waals surface area contributed by atoms with E-state index in [2.05, 4.69) is 36.6 Å². The SMILES string of the molecule is CCC(C)c1ccc(NC(=O)CC2CNC2)cc1. The van der Waals surface area contributed by atoms with Crippen LogP contribution in [0.1, 0.15) is 38.2 Å². The smallest absolute Gasteiger partial charge is 0.224 e. The van der Waals surface area contributed by atoms with Gasteiger partial charge in [0.2, 0.25) is 5.91 Å². The van der Waals surface area contributed by atoms with Crippen molar-refractivity contribution in [2.75, 3.05) is 18.4 Å². The van der Waals surface area contributed by atoms with Crippen molar-refractivity contribution in [1.82, 2.24) is 5.32 Å². The molecule has 1 saturated heterocycles. The van der Waals surface area contributed by atoms with E-state index in [-0.39, 0.29) is 5.91 Å². The van der Waals surface area contributed by atoms with Gasteiger partial charge in [-0.05, 0) is 49.0 Å². The first kappa shape index (κ1) is 13.1. The van der Waals surface area contributed by atoms with E-state index in [1.165, 1.54) is 5.56 Å². The lowest BCUT2D eigenvalue weighted by molar-refractivity contribution is -0.117. The lowest BCUT2D eigenvalue weighted by Gasteiger charge is -2.26. The molecule has 1 aromatic carbocycles. The zero-order valence-electron chi connectivity index (χ0n) is 11.2. The molecule has 1 amide bonds. The Bertz CT molecular complexity index is 395. The number of hydrogen-bond donors (Lipinski definition) is 2. The highest BCUT2D eigenvalue weighted by Crippen LogP contribution is 2.20. The third-order valence-corrected chi connectivity index (χ3v) is 3.72. The average molecular weight is 246 g/mol. The summed E-state index contributed by atoms with van der Waals surface area (Å²) in [6, 6.07) is 8.21. The molecule has 1 aromatic rings. The second kappa shape index (κ2) is 6.01. The van der Waals surface area contributed by atoms with E-state index in [1.807, 2.05) is 12.1 Å². The molecule has 1 atom stereocenters. The molecule has 2 rings (SSSR count). The normalized spacial score (nSPS) is 17.0. The van der Waals surface area contributed by atoms with Crippen LogP contribution < -0.4 is 10.6 Å². The van der Waals surface area contributed by atoms with Crippen LogP contribution in [0.3, 0.4) is 0 Å². The first-order valence-electron chi connectivity index (χ1n) is 6.79. The van der Waals surface area contributed by atoms with Gasteiger partial charge in [-0.15, -0.1) is 0 Å². The second-order valence-electron chi connectivity index (χ2n) is 5.21. The molecule has 0 aliphatic carbocycles. The molecule has 0 radical (unpaired) electrons. The topological polar surface area (TPSA) is 41.1 Å². The number of anilines is 1. The van der Waals surface area contributed by atoms with Gasteiger partial charge in [0, 0.05) is 12.1 Å². The highest BCUT2D eigenvalue weighted by atomic mass is 16.1. The second-order valence-corrected chi connectivity index (χ2v) is 5.21. The minimum absolute atomic E-state index is 0.123. The van der Waals surface area contributed by atoms with Gasteiger partial charge in [0.05, 0.1) is 0 Å². The summed E-state index contributed by atoms with van der Waals surface area (Å²) in [5, 5.41) is 6.14. The Morgan fingerprint density at radius 2 is 2.06 bits per heavy atom. The first-order valence-corrected chi connectivity index (χ1v) is 6.79. The van der Waals surface area contributed by atoms with E-state index in [0.717, 1.165) is 25.2 Å². The van der Waals surface area contributed by atoms with Gasteiger partial charge in [0.15, 0.2) is 0 Å². The van der Waals surface area contributed by atoms with Crippen molar-refractivity contribution in [2.24, 2.45) is 5.92 Å². The van der Waals surface area contributed by atoms with Crippen LogP contribution >= 0.6 is 0 Å². The third kappa shape index (κ3) is 3.33. The Hall–Kier alpha value is -1.35. The van der Waals surface area contributed by atoms with Crippen LogP contribution in [0.5, 0.6) is 0 Å². The Kier molecular flexibility index (Phi) is 4.37. The first-order chi connectivity index (χ1) is 8.69. The molecule has 18 heavy (non-hydrogen) atoms. The standard InChI is InChI=1S/C15H22N2O/c1-3-11(2)13-4-6-14(7-5-13)17-15(18)8-12-9-16-10-12/h4-7,11-12,16H,3,8-10H2,1-2H3,(H,17,18). The average Bonchev–Trinajstić information content (AvgIpc) is 2.34. The molecule has 98 valence electrons. The van der Waals surface area contributed by atoms with Gasteiger partial charge in [-0.1, -0.05) is 26.0 Å². The zero-order valence-corrected chi connectivity index (χ0v) is 11.2. The van der Waals surface area contributed by atoms with Crippen molar-refractivity contribution >= 4 is 11.6 Å². The lowest BCUT2D eigenvalue weighted by Crippen LogP contribution is -2.43. The molecule has 0 bridgehead atoms. The van der Waals surface area contributed by atoms with Gasteiger partial charge in [0.25, 0.3) is 0 Å². The fourth-order valence-corrected chi connectivity index (χ4v) is 2.10. The van der Waals surface area contributed by atoms with Crippen molar-refractivity contribution < 1.29 is 4.79 Å². The maximum atomic E-state index is 11.8. The monoisotopic (exact) mass is 246 g/mol. The van der Waals surface area contributed by atoms with Crippen LogP contribution in [-0.2, 0) is 4.79 Å². The Labute approximate surface area is 109 Å². The van der Waals surface area contributed by atoms with E-state index >= 15 is 0 Å². The van der Waals surface area contributed by atoms with Crippen LogP contribution in [0.4, 0.5) is 5.69 Å². The molecule has 1 heterocycles. The Morgan fingerprint density at radius 3 is 2.56 bits per heavy atom. The molecule has 0 spiro atoms. The molecular formula is C15H22N2O. The predicted octanol–water partition coefficient (Wildman–Crippen LogP) is 2.75. The summed E-state index contributed by atoms with van der Waals surface area (Å²) in [4.78, 5) is 11.8. The van der Waals surface area contributed by atoms with E-state index in [1.54, 1.807) is 0 Å². The zero-order chi connectivity index (χ0) is 13.0. The number of carbonyl (C=O) groups excluding carboxylic acids is 1. The summed E-state index contributed by atoms with van der Waals surface area (Å²) in [7, 11) is 0. The van der Waals surface area contributed by atoms with Crippen LogP contribution in [0, 0.1) is 5.92 Å². The van der Waals surface area contributed by atoms with Gasteiger partial charge in [-0.25, -0.2) is 0 Å². The Morgan fingerprint density at radius 1 is 1.39 bits per heavy atom. The molecule has 1 fully saturated rings. The van der Waals surface area contributed by atoms with Crippen LogP contribution in [0.15, 0.2) is 24.3 Å². The van der Waals surface area contributed by atoms with E-state index in [4.69, 9.17) is 0 Å². The van der Waals surface area contributed by atoms with Crippen molar-refractivity contribution in [3.05, 3.63) is 29.8 Å². The molecule has 2 N–H and O–H groups in total. The molecule has 0 aromatic heterocycles. The maximum Gasteiger partial charge on any atom is 0.224 e. The summed E-state index contributed by atoms with van der Waals surface area (Å²) in [6.45, 7) is 6.35. The van der Waals surface area contributed by atoms with Crippen molar-refractivity contribution in [2.45, 2.75) is 32.6 Å². The Balaban J connectivity index is 1.87. The maximum absolute atomic E-state index is 11.8. The van der Waals surface area contributed by atoms with Gasteiger partial charge in [0.1, 0.15) is 0 Å². The molecular weight excluding hydrogens is 224 g/mol. The molecule has 3 heteroatoms. The van der Waals surface area contributed by atoms with Gasteiger partial charge < -0.3 is 10.6 Å². The number of nitrogens with one attached hydrogen (secondary N) is 2. The summed E-state index contributed by atoms with van der Waals surface area (Å²) in [6.07, 6.45) is 1.76. The molecule has 1 unspecified atom stereocenters. The molecule has 1 aliphatic rings. The fraction of sp³-hybridized carbons (Fsp3) is 0.533. The third-order valence-electron chi connectivity index (χ3n) is 3.72. The number of rotatable bonds is 5. The summed E-state index contributed by atoms with van der Waals surface area (Å²) in [5.74, 6) is 1.22. The fourth-order valence-electron chi connectivity index (χ4n) is 2.10. The highest BCUT2D eigenvalue weighted by Gasteiger charge is 2.19. The van der Waals surface area contributed by atoms with Crippen molar-refractivity contribution in [1.29, 1.82) is 0 Å². The highest BCUT2D eigenvalue weighted by molar-refractivity contribution is 5.90. The minimum Gasteiger partial charge on any atom is -0.326 e. The van der Waals surface area contributed by atoms with Crippen molar-refractivity contribution in [3.8, 4) is 0 Å². The number of carbonyl (C=O) groups is 1. The largest absolute Gasteiger partial charge is 0.326 e. The molecule has 3 nitrogen and oxygen atoms in total. The van der Waals surface area contributed by atoms with E-state index in [0.29, 0.717) is 18.3 Å². The summed E-state index contributed by atoms with van der Waals surface area (Å²) >= 11 is 0. The van der Waals surface area contributed by atoms with Crippen LogP contribution in [0.25, 0.3) is 0 Å². The van der Waals surface area contributed by atoms with Crippen molar-refractivity contribution in [3.63, 3.8) is 0 Å². The molecule has 1 aliphatic heterocycles. The molecule has 0 saturated carbocycles. The number of amides is 1. The van der Waals surface area contributed by atoms with Crippen LogP contribution in [0.2, 0.25) is 0 Å². The number of benzene rings is 1. The van der Waals surface area contributed by atoms with Gasteiger partial charge in [-0.2, -0.15) is 0 Å². The van der Waals surface area contributed by atoms with Gasteiger partial charge >= 0.3 is 0 Å².